The first-order valence-corrected chi connectivity index (χ1v) is 5.85. The highest BCUT2D eigenvalue weighted by Gasteiger charge is 2.34. The van der Waals surface area contributed by atoms with Gasteiger partial charge in [-0.1, -0.05) is 13.8 Å². The van der Waals surface area contributed by atoms with Gasteiger partial charge in [-0.3, -0.25) is 4.79 Å². The first kappa shape index (κ1) is 15.4. The largest absolute Gasteiger partial charge is 0.433 e. The molecule has 1 unspecified atom stereocenters. The molecule has 0 radical (unpaired) electrons. The van der Waals surface area contributed by atoms with E-state index in [0.29, 0.717) is 0 Å². The van der Waals surface area contributed by atoms with Crippen molar-refractivity contribution in [3.05, 3.63) is 23.3 Å². The van der Waals surface area contributed by atoms with Gasteiger partial charge >= 0.3 is 6.18 Å². The lowest BCUT2D eigenvalue weighted by atomic mass is 10.1. The van der Waals surface area contributed by atoms with Crippen molar-refractivity contribution in [2.24, 2.45) is 5.92 Å². The van der Waals surface area contributed by atoms with E-state index in [-0.39, 0.29) is 17.7 Å². The average molecular weight is 275 g/mol. The number of nitrogens with one attached hydrogen (secondary N) is 1. The summed E-state index contributed by atoms with van der Waals surface area (Å²) >= 11 is 0. The Kier molecular flexibility index (Phi) is 4.49. The second-order valence-electron chi connectivity index (χ2n) is 4.72. The molecule has 1 heterocycles. The van der Waals surface area contributed by atoms with Crippen LogP contribution in [0.3, 0.4) is 0 Å². The third-order valence-corrected chi connectivity index (χ3v) is 2.71. The van der Waals surface area contributed by atoms with Gasteiger partial charge in [0.05, 0.1) is 0 Å². The molecule has 1 N–H and O–H groups in total. The summed E-state index contributed by atoms with van der Waals surface area (Å²) in [6.45, 7) is 6.94. The van der Waals surface area contributed by atoms with E-state index in [4.69, 9.17) is 0 Å². The highest BCUT2D eigenvalue weighted by atomic mass is 19.4. The van der Waals surface area contributed by atoms with Gasteiger partial charge in [-0.2, -0.15) is 13.2 Å². The molecular weight excluding hydrogens is 259 g/mol. The Bertz CT molecular complexity index is 472. The minimum absolute atomic E-state index is 0.102. The van der Waals surface area contributed by atoms with Gasteiger partial charge in [0.15, 0.2) is 0 Å². The van der Waals surface area contributed by atoms with Crippen LogP contribution in [0.25, 0.3) is 0 Å². The van der Waals surface area contributed by atoms with Crippen molar-refractivity contribution in [3.8, 4) is 0 Å². The molecule has 1 rings (SSSR count). The third kappa shape index (κ3) is 4.18. The van der Waals surface area contributed by atoms with Gasteiger partial charge in [0.1, 0.15) is 5.69 Å². The van der Waals surface area contributed by atoms with Crippen molar-refractivity contribution >= 4 is 5.91 Å². The summed E-state index contributed by atoms with van der Waals surface area (Å²) in [5.41, 5.74) is -1.01. The van der Waals surface area contributed by atoms with Gasteiger partial charge in [-0.05, 0) is 25.8 Å². The third-order valence-electron chi connectivity index (χ3n) is 2.71. The van der Waals surface area contributed by atoms with Gasteiger partial charge < -0.3 is 5.32 Å². The molecule has 1 amide bonds. The minimum atomic E-state index is -4.59. The average Bonchev–Trinajstić information content (AvgIpc) is 2.26. The first-order valence-electron chi connectivity index (χ1n) is 5.85. The molecule has 1 atom stereocenters. The standard InChI is InChI=1S/C12H16F3N3O/c1-6(2)8(4)17-11(19)10-16-7(3)5-9(18-10)12(13,14)15/h5-6,8H,1-4H3,(H,17,19). The zero-order valence-electron chi connectivity index (χ0n) is 11.2. The SMILES string of the molecule is Cc1cc(C(F)(F)F)nc(C(=O)NC(C)C(C)C)n1. The van der Waals surface area contributed by atoms with Crippen LogP contribution in [0.4, 0.5) is 13.2 Å². The molecule has 0 saturated heterocycles. The maximum atomic E-state index is 12.6. The number of carbonyl (C=O) groups excluding carboxylic acids is 1. The van der Waals surface area contributed by atoms with E-state index in [0.717, 1.165) is 6.07 Å². The number of alkyl halides is 3. The molecular formula is C12H16F3N3O. The number of rotatable bonds is 3. The number of hydrogen-bond donors (Lipinski definition) is 1. The van der Waals surface area contributed by atoms with E-state index in [1.807, 2.05) is 13.8 Å². The molecule has 106 valence electrons. The van der Waals surface area contributed by atoms with Crippen LogP contribution < -0.4 is 5.32 Å². The van der Waals surface area contributed by atoms with Crippen LogP contribution in [0.5, 0.6) is 0 Å². The van der Waals surface area contributed by atoms with Crippen LogP contribution in [0, 0.1) is 12.8 Å². The lowest BCUT2D eigenvalue weighted by Gasteiger charge is -2.17. The van der Waals surface area contributed by atoms with Crippen molar-refractivity contribution < 1.29 is 18.0 Å². The Balaban J connectivity index is 3.01. The highest BCUT2D eigenvalue weighted by molar-refractivity contribution is 5.90. The first-order chi connectivity index (χ1) is 8.61. The van der Waals surface area contributed by atoms with Crippen LogP contribution >= 0.6 is 0 Å². The fraction of sp³-hybridized carbons (Fsp3) is 0.583. The summed E-state index contributed by atoms with van der Waals surface area (Å²) in [6, 6.07) is 0.633. The van der Waals surface area contributed by atoms with Gasteiger partial charge in [0, 0.05) is 11.7 Å². The van der Waals surface area contributed by atoms with E-state index >= 15 is 0 Å². The Hall–Kier alpha value is -1.66. The summed E-state index contributed by atoms with van der Waals surface area (Å²) in [5, 5.41) is 2.57. The molecule has 7 heteroatoms. The van der Waals surface area contributed by atoms with E-state index in [1.165, 1.54) is 6.92 Å². The minimum Gasteiger partial charge on any atom is -0.347 e. The van der Waals surface area contributed by atoms with E-state index in [1.54, 1.807) is 6.92 Å². The van der Waals surface area contributed by atoms with E-state index in [9.17, 15) is 18.0 Å². The second kappa shape index (κ2) is 5.54. The van der Waals surface area contributed by atoms with Crippen molar-refractivity contribution in [2.75, 3.05) is 0 Å². The molecule has 0 aliphatic carbocycles. The van der Waals surface area contributed by atoms with Crippen LogP contribution in [0.1, 0.15) is 42.8 Å². The van der Waals surface area contributed by atoms with Crippen molar-refractivity contribution in [3.63, 3.8) is 0 Å². The molecule has 0 saturated carbocycles. The predicted octanol–water partition coefficient (Wildman–Crippen LogP) is 2.58. The maximum absolute atomic E-state index is 12.6. The Morgan fingerprint density at radius 3 is 2.32 bits per heavy atom. The van der Waals surface area contributed by atoms with Crippen LogP contribution in [-0.2, 0) is 6.18 Å². The lowest BCUT2D eigenvalue weighted by Crippen LogP contribution is -2.37. The Labute approximate surface area is 109 Å². The quantitative estimate of drug-likeness (QED) is 0.922. The smallest absolute Gasteiger partial charge is 0.347 e. The van der Waals surface area contributed by atoms with Gasteiger partial charge in [0.25, 0.3) is 5.91 Å². The molecule has 0 aromatic carbocycles. The number of halogens is 3. The summed E-state index contributed by atoms with van der Waals surface area (Å²) in [4.78, 5) is 18.8. The molecule has 1 aromatic heterocycles. The lowest BCUT2D eigenvalue weighted by molar-refractivity contribution is -0.141. The zero-order valence-corrected chi connectivity index (χ0v) is 11.2. The fourth-order valence-corrected chi connectivity index (χ4v) is 1.25. The van der Waals surface area contributed by atoms with Crippen molar-refractivity contribution in [2.45, 2.75) is 39.9 Å². The molecule has 0 bridgehead atoms. The van der Waals surface area contributed by atoms with Crippen LogP contribution in [0.15, 0.2) is 6.07 Å². The number of aromatic nitrogens is 2. The topological polar surface area (TPSA) is 54.9 Å². The Morgan fingerprint density at radius 1 is 1.26 bits per heavy atom. The molecule has 0 spiro atoms. The molecule has 0 aliphatic rings. The van der Waals surface area contributed by atoms with Gasteiger partial charge in [-0.15, -0.1) is 0 Å². The second-order valence-corrected chi connectivity index (χ2v) is 4.72. The van der Waals surface area contributed by atoms with Crippen LogP contribution in [0.2, 0.25) is 0 Å². The normalized spacial score (nSPS) is 13.5. The number of aryl methyl sites for hydroxylation is 1. The summed E-state index contributed by atoms with van der Waals surface area (Å²) in [5.74, 6) is -0.994. The molecule has 19 heavy (non-hydrogen) atoms. The monoisotopic (exact) mass is 275 g/mol. The van der Waals surface area contributed by atoms with Crippen molar-refractivity contribution in [1.82, 2.24) is 15.3 Å². The number of amides is 1. The fourth-order valence-electron chi connectivity index (χ4n) is 1.25. The van der Waals surface area contributed by atoms with Crippen LogP contribution in [-0.4, -0.2) is 21.9 Å². The summed E-state index contributed by atoms with van der Waals surface area (Å²) in [6.07, 6.45) is -4.59. The number of nitrogens with zero attached hydrogens (tertiary/aromatic N) is 2. The maximum Gasteiger partial charge on any atom is 0.433 e. The summed E-state index contributed by atoms with van der Waals surface area (Å²) in [7, 11) is 0. The molecule has 0 aliphatic heterocycles. The molecule has 0 fully saturated rings. The van der Waals surface area contributed by atoms with Crippen molar-refractivity contribution in [1.29, 1.82) is 0 Å². The van der Waals surface area contributed by atoms with E-state index in [2.05, 4.69) is 15.3 Å². The number of hydrogen-bond acceptors (Lipinski definition) is 3. The Morgan fingerprint density at radius 2 is 1.84 bits per heavy atom. The molecule has 1 aromatic rings. The van der Waals surface area contributed by atoms with Gasteiger partial charge in [-0.25, -0.2) is 9.97 Å². The van der Waals surface area contributed by atoms with Gasteiger partial charge in [0.2, 0.25) is 5.82 Å². The van der Waals surface area contributed by atoms with E-state index < -0.39 is 23.6 Å². The number of carbonyl (C=O) groups is 1. The summed E-state index contributed by atoms with van der Waals surface area (Å²) < 4.78 is 37.7. The zero-order chi connectivity index (χ0) is 14.8. The predicted molar refractivity (Wildman–Crippen MR) is 63.5 cm³/mol. The highest BCUT2D eigenvalue weighted by Crippen LogP contribution is 2.27. The molecule has 4 nitrogen and oxygen atoms in total.